The van der Waals surface area contributed by atoms with E-state index in [1.165, 1.54) is 6.33 Å². The Labute approximate surface area is 146 Å². The van der Waals surface area contributed by atoms with Crippen molar-refractivity contribution in [3.05, 3.63) is 54.7 Å². The summed E-state index contributed by atoms with van der Waals surface area (Å²) in [6, 6.07) is 11.6. The van der Waals surface area contributed by atoms with Crippen molar-refractivity contribution in [3.63, 3.8) is 0 Å². The predicted molar refractivity (Wildman–Crippen MR) is 94.8 cm³/mol. The van der Waals surface area contributed by atoms with Crippen LogP contribution < -0.4 is 5.32 Å². The first kappa shape index (κ1) is 16.9. The molecule has 130 valence electrons. The first-order valence-corrected chi connectivity index (χ1v) is 8.27. The van der Waals surface area contributed by atoms with Crippen molar-refractivity contribution < 1.29 is 4.79 Å². The smallest absolute Gasteiger partial charge is 0.269 e. The van der Waals surface area contributed by atoms with E-state index < -0.39 is 0 Å². The van der Waals surface area contributed by atoms with Crippen LogP contribution in [0.2, 0.25) is 0 Å². The third-order valence-corrected chi connectivity index (χ3v) is 4.15. The van der Waals surface area contributed by atoms with Crippen LogP contribution in [0, 0.1) is 5.92 Å². The average Bonchev–Trinajstić information content (AvgIpc) is 3.24. The summed E-state index contributed by atoms with van der Waals surface area (Å²) in [5.74, 6) is 0.117. The molecule has 0 aliphatic carbocycles. The van der Waals surface area contributed by atoms with Crippen molar-refractivity contribution in [1.82, 2.24) is 29.9 Å². The van der Waals surface area contributed by atoms with Gasteiger partial charge >= 0.3 is 0 Å². The maximum Gasteiger partial charge on any atom is 0.269 e. The van der Waals surface area contributed by atoms with Gasteiger partial charge in [0.05, 0.1) is 18.3 Å². The van der Waals surface area contributed by atoms with Crippen molar-refractivity contribution >= 4 is 5.91 Å². The fourth-order valence-corrected chi connectivity index (χ4v) is 2.62. The lowest BCUT2D eigenvalue weighted by Gasteiger charge is -2.22. The molecule has 7 nitrogen and oxygen atoms in total. The van der Waals surface area contributed by atoms with Gasteiger partial charge in [-0.05, 0) is 12.0 Å². The molecule has 0 aliphatic heterocycles. The normalized spacial score (nSPS) is 12.3. The van der Waals surface area contributed by atoms with Gasteiger partial charge in [0, 0.05) is 12.6 Å². The van der Waals surface area contributed by atoms with Crippen molar-refractivity contribution in [2.75, 3.05) is 0 Å². The molecule has 3 rings (SSSR count). The molecule has 3 aromatic rings. The molecule has 1 N–H and O–H groups in total. The molecule has 0 spiro atoms. The predicted octanol–water partition coefficient (Wildman–Crippen LogP) is 2.13. The molecule has 0 bridgehead atoms. The number of amides is 1. The van der Waals surface area contributed by atoms with Crippen LogP contribution in [0.5, 0.6) is 0 Å². The van der Waals surface area contributed by atoms with Gasteiger partial charge in [0.2, 0.25) is 0 Å². The second-order valence-corrected chi connectivity index (χ2v) is 6.35. The minimum Gasteiger partial charge on any atom is -0.346 e. The van der Waals surface area contributed by atoms with Crippen LogP contribution in [0.1, 0.15) is 24.3 Å². The minimum atomic E-state index is -0.143. The summed E-state index contributed by atoms with van der Waals surface area (Å²) in [6.07, 6.45) is 3.14. The molecule has 0 saturated carbocycles. The fourth-order valence-electron chi connectivity index (χ4n) is 2.62. The van der Waals surface area contributed by atoms with Crippen LogP contribution in [0.15, 0.2) is 49.1 Å². The highest BCUT2D eigenvalue weighted by Gasteiger charge is 2.21. The van der Waals surface area contributed by atoms with Gasteiger partial charge in [0.15, 0.2) is 0 Å². The van der Waals surface area contributed by atoms with Gasteiger partial charge in [-0.15, -0.1) is 0 Å². The Morgan fingerprint density at radius 1 is 1.24 bits per heavy atom. The van der Waals surface area contributed by atoms with Gasteiger partial charge < -0.3 is 5.32 Å². The van der Waals surface area contributed by atoms with E-state index in [1.54, 1.807) is 22.7 Å². The summed E-state index contributed by atoms with van der Waals surface area (Å²) >= 11 is 0. The third kappa shape index (κ3) is 3.93. The maximum atomic E-state index is 12.7. The Hall–Kier alpha value is -2.96. The van der Waals surface area contributed by atoms with Crippen LogP contribution >= 0.6 is 0 Å². The number of aromatic nitrogens is 5. The molecule has 1 atom stereocenters. The van der Waals surface area contributed by atoms with E-state index in [4.69, 9.17) is 0 Å². The average molecular weight is 338 g/mol. The number of nitrogens with zero attached hydrogens (tertiary/aromatic N) is 5. The van der Waals surface area contributed by atoms with E-state index in [0.717, 1.165) is 11.3 Å². The Morgan fingerprint density at radius 2 is 2.00 bits per heavy atom. The van der Waals surface area contributed by atoms with Gasteiger partial charge in [-0.1, -0.05) is 44.2 Å². The first-order valence-electron chi connectivity index (χ1n) is 8.27. The first-order chi connectivity index (χ1) is 12.0. The molecule has 0 unspecified atom stereocenters. The number of benzene rings is 1. The molecule has 7 heteroatoms. The Balaban J connectivity index is 1.77. The van der Waals surface area contributed by atoms with Gasteiger partial charge in [-0.25, -0.2) is 4.98 Å². The summed E-state index contributed by atoms with van der Waals surface area (Å²) in [4.78, 5) is 16.7. The highest BCUT2D eigenvalue weighted by molar-refractivity contribution is 5.93. The fraction of sp³-hybridized carbons (Fsp3) is 0.333. The zero-order chi connectivity index (χ0) is 17.8. The van der Waals surface area contributed by atoms with E-state index in [2.05, 4.69) is 34.3 Å². The van der Waals surface area contributed by atoms with E-state index in [1.807, 2.05) is 36.4 Å². The molecule has 0 saturated heterocycles. The monoisotopic (exact) mass is 338 g/mol. The van der Waals surface area contributed by atoms with Crippen molar-refractivity contribution in [3.8, 4) is 11.3 Å². The van der Waals surface area contributed by atoms with Gasteiger partial charge in [0.25, 0.3) is 5.91 Å². The SMILES string of the molecule is CC(C)[C@@H](Cn1cncn1)NC(=O)c1cc(-c2ccccc2)nn1C. The van der Waals surface area contributed by atoms with Gasteiger partial charge in [-0.3, -0.25) is 14.2 Å². The summed E-state index contributed by atoms with van der Waals surface area (Å²) < 4.78 is 3.34. The van der Waals surface area contributed by atoms with Crippen LogP contribution in [0.3, 0.4) is 0 Å². The molecular formula is C18H22N6O. The zero-order valence-corrected chi connectivity index (χ0v) is 14.6. The molecule has 25 heavy (non-hydrogen) atoms. The zero-order valence-electron chi connectivity index (χ0n) is 14.6. The molecule has 2 aromatic heterocycles. The summed E-state index contributed by atoms with van der Waals surface area (Å²) in [6.45, 7) is 4.72. The lowest BCUT2D eigenvalue weighted by atomic mass is 10.0. The van der Waals surface area contributed by atoms with E-state index in [9.17, 15) is 4.79 Å². The Kier molecular flexibility index (Phi) is 4.92. The number of nitrogens with one attached hydrogen (secondary N) is 1. The molecule has 1 amide bonds. The van der Waals surface area contributed by atoms with Crippen molar-refractivity contribution in [2.24, 2.45) is 13.0 Å². The number of aryl methyl sites for hydroxylation is 1. The van der Waals surface area contributed by atoms with E-state index in [0.29, 0.717) is 12.2 Å². The molecule has 0 aliphatic rings. The topological polar surface area (TPSA) is 77.6 Å². The van der Waals surface area contributed by atoms with E-state index >= 15 is 0 Å². The summed E-state index contributed by atoms with van der Waals surface area (Å²) in [7, 11) is 1.78. The quantitative estimate of drug-likeness (QED) is 0.747. The van der Waals surface area contributed by atoms with Crippen LogP contribution in [0.25, 0.3) is 11.3 Å². The second-order valence-electron chi connectivity index (χ2n) is 6.35. The van der Waals surface area contributed by atoms with Crippen LogP contribution in [-0.2, 0) is 13.6 Å². The minimum absolute atomic E-state index is 0.0516. The number of rotatable bonds is 6. The molecule has 0 radical (unpaired) electrons. The standard InChI is InChI=1S/C18H22N6O/c1-13(2)16(10-24-12-19-11-20-24)21-18(25)17-9-15(22-23(17)3)14-7-5-4-6-8-14/h4-9,11-13,16H,10H2,1-3H3,(H,21,25)/t16-/m1/s1. The second kappa shape index (κ2) is 7.29. The molecule has 2 heterocycles. The lowest BCUT2D eigenvalue weighted by Crippen LogP contribution is -2.42. The Bertz CT molecular complexity index is 823. The lowest BCUT2D eigenvalue weighted by molar-refractivity contribution is 0.0909. The molecule has 0 fully saturated rings. The molecular weight excluding hydrogens is 316 g/mol. The summed E-state index contributed by atoms with van der Waals surface area (Å²) in [5.41, 5.74) is 2.30. The number of hydrogen-bond acceptors (Lipinski definition) is 4. The third-order valence-electron chi connectivity index (χ3n) is 4.15. The maximum absolute atomic E-state index is 12.7. The van der Waals surface area contributed by atoms with Crippen molar-refractivity contribution in [1.29, 1.82) is 0 Å². The van der Waals surface area contributed by atoms with Crippen LogP contribution in [0.4, 0.5) is 0 Å². The Morgan fingerprint density at radius 3 is 2.64 bits per heavy atom. The van der Waals surface area contributed by atoms with Gasteiger partial charge in [-0.2, -0.15) is 10.2 Å². The highest BCUT2D eigenvalue weighted by Crippen LogP contribution is 2.18. The number of carbonyl (C=O) groups excluding carboxylic acids is 1. The van der Waals surface area contributed by atoms with E-state index in [-0.39, 0.29) is 17.9 Å². The van der Waals surface area contributed by atoms with Gasteiger partial charge in [0.1, 0.15) is 18.3 Å². The largest absolute Gasteiger partial charge is 0.346 e. The van der Waals surface area contributed by atoms with Crippen molar-refractivity contribution in [2.45, 2.75) is 26.4 Å². The number of carbonyl (C=O) groups is 1. The molecule has 1 aromatic carbocycles. The number of hydrogen-bond donors (Lipinski definition) is 1. The summed E-state index contributed by atoms with van der Waals surface area (Å²) in [5, 5.41) is 11.7. The van der Waals surface area contributed by atoms with Crippen LogP contribution in [-0.4, -0.2) is 36.5 Å². The highest BCUT2D eigenvalue weighted by atomic mass is 16.2.